The molecule has 0 unspecified atom stereocenters. The van der Waals surface area contributed by atoms with E-state index in [0.717, 1.165) is 19.8 Å². The number of ketones is 1. The molecule has 0 atom stereocenters. The van der Waals surface area contributed by atoms with Gasteiger partial charge in [0.2, 0.25) is 0 Å². The number of Topliss-reactive ketones (excluding diaryl/α,β-unsaturated/α-hetero) is 1. The first-order valence-electron chi connectivity index (χ1n) is 5.82. The van der Waals surface area contributed by atoms with Crippen molar-refractivity contribution in [3.05, 3.63) is 55.2 Å². The number of carbonyl (C=O) groups excluding carboxylic acids is 1. The lowest BCUT2D eigenvalue weighted by Gasteiger charge is -2.03. The average Bonchev–Trinajstić information content (AvgIpc) is 2.65. The Balaban J connectivity index is 2.18. The van der Waals surface area contributed by atoms with E-state index in [1.54, 1.807) is 0 Å². The van der Waals surface area contributed by atoms with Gasteiger partial charge in [0.25, 0.3) is 0 Å². The number of rotatable bonds is 3. The SMILES string of the molecule is Cc1ccc(CC(=O)c2cc(C)c(Br)s2)cc1C. The quantitative estimate of drug-likeness (QED) is 0.737. The lowest BCUT2D eigenvalue weighted by atomic mass is 10.0. The summed E-state index contributed by atoms with van der Waals surface area (Å²) in [5.74, 6) is 0.192. The van der Waals surface area contributed by atoms with Crippen molar-refractivity contribution in [1.82, 2.24) is 0 Å². The summed E-state index contributed by atoms with van der Waals surface area (Å²) in [5.41, 5.74) is 4.72. The van der Waals surface area contributed by atoms with Gasteiger partial charge in [0.15, 0.2) is 5.78 Å². The maximum Gasteiger partial charge on any atom is 0.177 e. The van der Waals surface area contributed by atoms with Crippen LogP contribution in [0.25, 0.3) is 0 Å². The fourth-order valence-corrected chi connectivity index (χ4v) is 3.26. The Bertz CT molecular complexity index is 579. The number of hydrogen-bond donors (Lipinski definition) is 0. The zero-order valence-corrected chi connectivity index (χ0v) is 13.1. The Labute approximate surface area is 120 Å². The molecule has 94 valence electrons. The van der Waals surface area contributed by atoms with Crippen molar-refractivity contribution in [2.45, 2.75) is 27.2 Å². The van der Waals surface area contributed by atoms with Crippen molar-refractivity contribution in [2.75, 3.05) is 0 Å². The van der Waals surface area contributed by atoms with Gasteiger partial charge < -0.3 is 0 Å². The van der Waals surface area contributed by atoms with Gasteiger partial charge in [-0.05, 0) is 65.0 Å². The van der Waals surface area contributed by atoms with Crippen molar-refractivity contribution in [1.29, 1.82) is 0 Å². The summed E-state index contributed by atoms with van der Waals surface area (Å²) in [7, 11) is 0. The fraction of sp³-hybridized carbons (Fsp3) is 0.267. The summed E-state index contributed by atoms with van der Waals surface area (Å²) in [6, 6.07) is 8.17. The molecule has 0 fully saturated rings. The zero-order valence-electron chi connectivity index (χ0n) is 10.7. The van der Waals surface area contributed by atoms with Crippen molar-refractivity contribution in [3.63, 3.8) is 0 Å². The second-order valence-electron chi connectivity index (χ2n) is 4.59. The fourth-order valence-electron chi connectivity index (χ4n) is 1.78. The largest absolute Gasteiger partial charge is 0.293 e. The van der Waals surface area contributed by atoms with Crippen molar-refractivity contribution >= 4 is 33.0 Å². The van der Waals surface area contributed by atoms with Crippen LogP contribution in [0, 0.1) is 20.8 Å². The van der Waals surface area contributed by atoms with Crippen molar-refractivity contribution in [2.24, 2.45) is 0 Å². The summed E-state index contributed by atoms with van der Waals surface area (Å²) < 4.78 is 1.05. The molecule has 0 aliphatic heterocycles. The lowest BCUT2D eigenvalue weighted by molar-refractivity contribution is 0.0997. The molecule has 0 N–H and O–H groups in total. The topological polar surface area (TPSA) is 17.1 Å². The summed E-state index contributed by atoms with van der Waals surface area (Å²) >= 11 is 4.97. The summed E-state index contributed by atoms with van der Waals surface area (Å²) in [6.45, 7) is 6.17. The first-order chi connectivity index (χ1) is 8.47. The van der Waals surface area contributed by atoms with E-state index in [4.69, 9.17) is 0 Å². The predicted octanol–water partition coefficient (Wildman–Crippen LogP) is 4.86. The van der Waals surface area contributed by atoms with E-state index < -0.39 is 0 Å². The van der Waals surface area contributed by atoms with Crippen molar-refractivity contribution in [3.8, 4) is 0 Å². The maximum absolute atomic E-state index is 12.2. The Hall–Kier alpha value is -0.930. The molecule has 1 aromatic carbocycles. The third-order valence-electron chi connectivity index (χ3n) is 3.07. The minimum Gasteiger partial charge on any atom is -0.293 e. The third-order valence-corrected chi connectivity index (χ3v) is 5.25. The maximum atomic E-state index is 12.2. The van der Waals surface area contributed by atoms with Crippen LogP contribution in [0.15, 0.2) is 28.1 Å². The highest BCUT2D eigenvalue weighted by molar-refractivity contribution is 9.11. The molecule has 3 heteroatoms. The first-order valence-corrected chi connectivity index (χ1v) is 7.43. The molecule has 0 radical (unpaired) electrons. The molecule has 0 spiro atoms. The normalized spacial score (nSPS) is 10.7. The molecule has 0 aliphatic rings. The van der Waals surface area contributed by atoms with E-state index in [-0.39, 0.29) is 5.78 Å². The third kappa shape index (κ3) is 2.90. The van der Waals surface area contributed by atoms with Gasteiger partial charge in [0.05, 0.1) is 8.66 Å². The highest BCUT2D eigenvalue weighted by Crippen LogP contribution is 2.28. The van der Waals surface area contributed by atoms with Gasteiger partial charge in [-0.3, -0.25) is 4.79 Å². The number of carbonyl (C=O) groups is 1. The molecule has 0 aliphatic carbocycles. The van der Waals surface area contributed by atoms with E-state index in [9.17, 15) is 4.79 Å². The van der Waals surface area contributed by atoms with E-state index in [0.29, 0.717) is 6.42 Å². The van der Waals surface area contributed by atoms with Crippen LogP contribution < -0.4 is 0 Å². The predicted molar refractivity (Wildman–Crippen MR) is 80.7 cm³/mol. The Kier molecular flexibility index (Phi) is 4.03. The number of halogens is 1. The van der Waals surface area contributed by atoms with E-state index in [2.05, 4.69) is 41.9 Å². The van der Waals surface area contributed by atoms with E-state index >= 15 is 0 Å². The van der Waals surface area contributed by atoms with Crippen LogP contribution in [0.5, 0.6) is 0 Å². The summed E-state index contributed by atoms with van der Waals surface area (Å²) in [5, 5.41) is 0. The van der Waals surface area contributed by atoms with Gasteiger partial charge in [0.1, 0.15) is 0 Å². The Morgan fingerprint density at radius 2 is 1.83 bits per heavy atom. The average molecular weight is 323 g/mol. The van der Waals surface area contributed by atoms with Crippen LogP contribution in [0.4, 0.5) is 0 Å². The lowest BCUT2D eigenvalue weighted by Crippen LogP contribution is -2.01. The van der Waals surface area contributed by atoms with Crippen LogP contribution >= 0.6 is 27.3 Å². The highest BCUT2D eigenvalue weighted by atomic mass is 79.9. The summed E-state index contributed by atoms with van der Waals surface area (Å²) in [4.78, 5) is 13.0. The standard InChI is InChI=1S/C15H15BrOS/c1-9-4-5-12(6-10(9)2)8-13(17)14-7-11(3)15(16)18-14/h4-7H,8H2,1-3H3. The van der Waals surface area contributed by atoms with Crippen LogP contribution in [0.1, 0.15) is 31.9 Å². The highest BCUT2D eigenvalue weighted by Gasteiger charge is 2.12. The van der Waals surface area contributed by atoms with E-state index in [1.807, 2.05) is 19.1 Å². The molecule has 18 heavy (non-hydrogen) atoms. The number of aryl methyl sites for hydroxylation is 3. The second kappa shape index (κ2) is 5.37. The van der Waals surface area contributed by atoms with Gasteiger partial charge in [-0.25, -0.2) is 0 Å². The number of benzene rings is 1. The van der Waals surface area contributed by atoms with Crippen LogP contribution in [-0.4, -0.2) is 5.78 Å². The van der Waals surface area contributed by atoms with Crippen LogP contribution in [0.3, 0.4) is 0 Å². The van der Waals surface area contributed by atoms with Gasteiger partial charge in [-0.1, -0.05) is 18.2 Å². The Morgan fingerprint density at radius 3 is 2.39 bits per heavy atom. The van der Waals surface area contributed by atoms with Gasteiger partial charge >= 0.3 is 0 Å². The molecule has 1 nitrogen and oxygen atoms in total. The number of hydrogen-bond acceptors (Lipinski definition) is 2. The second-order valence-corrected chi connectivity index (χ2v) is 6.96. The monoisotopic (exact) mass is 322 g/mol. The Morgan fingerprint density at radius 1 is 1.11 bits per heavy atom. The summed E-state index contributed by atoms with van der Waals surface area (Å²) in [6.07, 6.45) is 0.480. The molecule has 2 aromatic rings. The van der Waals surface area contributed by atoms with Gasteiger partial charge in [-0.15, -0.1) is 11.3 Å². The van der Waals surface area contributed by atoms with Crippen molar-refractivity contribution < 1.29 is 4.79 Å². The zero-order chi connectivity index (χ0) is 13.3. The molecular weight excluding hydrogens is 308 g/mol. The molecule has 0 saturated carbocycles. The molecule has 0 bridgehead atoms. The molecular formula is C15H15BrOS. The minimum absolute atomic E-state index is 0.192. The van der Waals surface area contributed by atoms with Gasteiger partial charge in [-0.2, -0.15) is 0 Å². The van der Waals surface area contributed by atoms with E-state index in [1.165, 1.54) is 22.5 Å². The molecule has 0 saturated heterocycles. The first kappa shape index (κ1) is 13.5. The minimum atomic E-state index is 0.192. The van der Waals surface area contributed by atoms with Crippen LogP contribution in [-0.2, 0) is 6.42 Å². The molecule has 1 heterocycles. The molecule has 1 aromatic heterocycles. The van der Waals surface area contributed by atoms with Gasteiger partial charge in [0, 0.05) is 6.42 Å². The van der Waals surface area contributed by atoms with Crippen LogP contribution in [0.2, 0.25) is 0 Å². The molecule has 0 amide bonds. The number of thiophene rings is 1. The smallest absolute Gasteiger partial charge is 0.177 e. The molecule has 2 rings (SSSR count).